The molecule has 1 atom stereocenters. The van der Waals surface area contributed by atoms with Crippen molar-refractivity contribution < 1.29 is 9.53 Å². The lowest BCUT2D eigenvalue weighted by Gasteiger charge is -2.27. The summed E-state index contributed by atoms with van der Waals surface area (Å²) in [5, 5.41) is 8.43. The average Bonchev–Trinajstić information content (AvgIpc) is 2.98. The smallest absolute Gasteiger partial charge is 0.279 e. The van der Waals surface area contributed by atoms with Gasteiger partial charge in [-0.05, 0) is 37.1 Å². The fraction of sp³-hybridized carbons (Fsp3) is 0.389. The maximum Gasteiger partial charge on any atom is 0.279 e. The third-order valence-corrected chi connectivity index (χ3v) is 4.63. The Balaban J connectivity index is 1.56. The zero-order valence-corrected chi connectivity index (χ0v) is 13.7. The zero-order valence-electron chi connectivity index (χ0n) is 13.7. The number of ether oxygens (including phenoxy) is 1. The number of rotatable bonds is 2. The van der Waals surface area contributed by atoms with Crippen molar-refractivity contribution in [3.05, 3.63) is 47.7 Å². The molecule has 6 heteroatoms. The topological polar surface area (TPSA) is 58.6 Å². The molecule has 1 aromatic carbocycles. The molecule has 1 unspecified atom stereocenters. The van der Waals surface area contributed by atoms with Crippen LogP contribution in [0.2, 0.25) is 0 Å². The van der Waals surface area contributed by atoms with E-state index in [2.05, 4.69) is 28.1 Å². The van der Waals surface area contributed by atoms with Crippen LogP contribution in [0.4, 0.5) is 11.5 Å². The predicted octanol–water partition coefficient (Wildman–Crippen LogP) is 1.90. The summed E-state index contributed by atoms with van der Waals surface area (Å²) in [7, 11) is 0. The molecule has 0 spiro atoms. The number of nitrogens with zero attached hydrogens (tertiary/aromatic N) is 4. The van der Waals surface area contributed by atoms with E-state index in [1.807, 2.05) is 29.2 Å². The number of amides is 1. The Bertz CT molecular complexity index is 741. The molecule has 0 radical (unpaired) electrons. The van der Waals surface area contributed by atoms with Crippen molar-refractivity contribution in [2.24, 2.45) is 0 Å². The van der Waals surface area contributed by atoms with E-state index in [-0.39, 0.29) is 11.9 Å². The molecule has 124 valence electrons. The van der Waals surface area contributed by atoms with Crippen molar-refractivity contribution in [2.45, 2.75) is 19.4 Å². The number of hydrogen-bond acceptors (Lipinski definition) is 5. The molecule has 6 nitrogen and oxygen atoms in total. The Labute approximate surface area is 141 Å². The Morgan fingerprint density at radius 3 is 2.67 bits per heavy atom. The fourth-order valence-electron chi connectivity index (χ4n) is 3.40. The summed E-state index contributed by atoms with van der Waals surface area (Å²) < 4.78 is 5.35. The van der Waals surface area contributed by atoms with Crippen molar-refractivity contribution in [1.29, 1.82) is 0 Å². The first-order valence-electron chi connectivity index (χ1n) is 8.32. The summed E-state index contributed by atoms with van der Waals surface area (Å²) in [5.74, 6) is 0.707. The van der Waals surface area contributed by atoms with Crippen molar-refractivity contribution >= 4 is 17.4 Å². The molecule has 2 aromatic rings. The van der Waals surface area contributed by atoms with E-state index < -0.39 is 0 Å². The molecule has 2 aliphatic heterocycles. The van der Waals surface area contributed by atoms with Gasteiger partial charge in [0.1, 0.15) is 0 Å². The molecular formula is C18H20N4O2. The van der Waals surface area contributed by atoms with Crippen LogP contribution in [0.5, 0.6) is 0 Å². The van der Waals surface area contributed by atoms with Gasteiger partial charge in [0.15, 0.2) is 11.5 Å². The van der Waals surface area contributed by atoms with Crippen molar-refractivity contribution in [3.63, 3.8) is 0 Å². The number of hydrogen-bond donors (Lipinski definition) is 0. The van der Waals surface area contributed by atoms with E-state index in [0.717, 1.165) is 31.0 Å². The fourth-order valence-corrected chi connectivity index (χ4v) is 3.40. The Hall–Kier alpha value is -2.47. The van der Waals surface area contributed by atoms with E-state index in [0.29, 0.717) is 18.9 Å². The van der Waals surface area contributed by atoms with E-state index in [1.165, 1.54) is 5.56 Å². The minimum absolute atomic E-state index is 0.0894. The van der Waals surface area contributed by atoms with Gasteiger partial charge in [0, 0.05) is 24.8 Å². The number of aromatic nitrogens is 2. The van der Waals surface area contributed by atoms with Crippen LogP contribution < -0.4 is 9.80 Å². The highest BCUT2D eigenvalue weighted by Crippen LogP contribution is 2.32. The summed E-state index contributed by atoms with van der Waals surface area (Å²) in [6.07, 6.45) is 0.876. The lowest BCUT2D eigenvalue weighted by molar-refractivity contribution is 0.0975. The Morgan fingerprint density at radius 1 is 1.12 bits per heavy atom. The number of anilines is 2. The quantitative estimate of drug-likeness (QED) is 0.844. The lowest BCUT2D eigenvalue weighted by atomic mass is 10.1. The lowest BCUT2D eigenvalue weighted by Crippen LogP contribution is -2.38. The molecular weight excluding hydrogens is 304 g/mol. The summed E-state index contributed by atoms with van der Waals surface area (Å²) in [6, 6.07) is 11.8. The van der Waals surface area contributed by atoms with Crippen LogP contribution in [0.3, 0.4) is 0 Å². The Kier molecular flexibility index (Phi) is 3.90. The second-order valence-electron chi connectivity index (χ2n) is 6.23. The molecule has 1 amide bonds. The van der Waals surface area contributed by atoms with Crippen molar-refractivity contribution in [3.8, 4) is 0 Å². The van der Waals surface area contributed by atoms with Gasteiger partial charge < -0.3 is 14.5 Å². The van der Waals surface area contributed by atoms with Gasteiger partial charge >= 0.3 is 0 Å². The first kappa shape index (κ1) is 15.1. The molecule has 24 heavy (non-hydrogen) atoms. The van der Waals surface area contributed by atoms with Gasteiger partial charge in [-0.2, -0.15) is 0 Å². The van der Waals surface area contributed by atoms with E-state index in [1.54, 1.807) is 6.07 Å². The summed E-state index contributed by atoms with van der Waals surface area (Å²) in [4.78, 5) is 16.8. The molecule has 4 rings (SSSR count). The Morgan fingerprint density at radius 2 is 1.92 bits per heavy atom. The van der Waals surface area contributed by atoms with Crippen LogP contribution in [-0.4, -0.2) is 48.4 Å². The van der Waals surface area contributed by atoms with E-state index in [9.17, 15) is 4.79 Å². The maximum atomic E-state index is 12.9. The number of carbonyl (C=O) groups is 1. The minimum atomic E-state index is -0.0894. The molecule has 0 aliphatic carbocycles. The summed E-state index contributed by atoms with van der Waals surface area (Å²) in [5.41, 5.74) is 2.57. The van der Waals surface area contributed by atoms with Gasteiger partial charge in [-0.15, -0.1) is 10.2 Å². The van der Waals surface area contributed by atoms with E-state index in [4.69, 9.17) is 4.74 Å². The first-order valence-corrected chi connectivity index (χ1v) is 8.32. The number of fused-ring (bicyclic) bond motifs is 1. The minimum Gasteiger partial charge on any atom is -0.378 e. The van der Waals surface area contributed by atoms with Crippen LogP contribution in [0.15, 0.2) is 36.4 Å². The number of benzene rings is 1. The molecule has 1 fully saturated rings. The predicted molar refractivity (Wildman–Crippen MR) is 91.5 cm³/mol. The molecule has 1 aromatic heterocycles. The number of para-hydroxylation sites is 1. The average molecular weight is 324 g/mol. The highest BCUT2D eigenvalue weighted by atomic mass is 16.5. The van der Waals surface area contributed by atoms with Gasteiger partial charge in [-0.1, -0.05) is 18.2 Å². The van der Waals surface area contributed by atoms with Crippen molar-refractivity contribution in [2.75, 3.05) is 36.1 Å². The molecule has 3 heterocycles. The third-order valence-electron chi connectivity index (χ3n) is 4.63. The van der Waals surface area contributed by atoms with Gasteiger partial charge in [-0.25, -0.2) is 0 Å². The maximum absolute atomic E-state index is 12.9. The van der Waals surface area contributed by atoms with Gasteiger partial charge in [0.2, 0.25) is 0 Å². The second-order valence-corrected chi connectivity index (χ2v) is 6.23. The molecule has 0 N–H and O–H groups in total. The molecule has 1 saturated heterocycles. The molecule has 0 saturated carbocycles. The highest BCUT2D eigenvalue weighted by Gasteiger charge is 2.32. The second kappa shape index (κ2) is 6.20. The van der Waals surface area contributed by atoms with Gasteiger partial charge in [0.25, 0.3) is 5.91 Å². The number of carbonyl (C=O) groups excluding carboxylic acids is 1. The van der Waals surface area contributed by atoms with Crippen LogP contribution in [0.25, 0.3) is 0 Å². The zero-order chi connectivity index (χ0) is 16.5. The summed E-state index contributed by atoms with van der Waals surface area (Å²) >= 11 is 0. The van der Waals surface area contributed by atoms with Crippen molar-refractivity contribution in [1.82, 2.24) is 10.2 Å². The summed E-state index contributed by atoms with van der Waals surface area (Å²) in [6.45, 7) is 5.07. The van der Waals surface area contributed by atoms with Gasteiger partial charge in [-0.3, -0.25) is 4.79 Å². The first-order chi connectivity index (χ1) is 11.7. The van der Waals surface area contributed by atoms with Crippen LogP contribution >= 0.6 is 0 Å². The monoisotopic (exact) mass is 324 g/mol. The standard InChI is InChI=1S/C18H20N4O2/c1-13-12-14-4-2-3-5-16(14)22(13)18(23)15-6-7-17(20-19-15)21-8-10-24-11-9-21/h2-7,13H,8-12H2,1H3. The van der Waals surface area contributed by atoms with Gasteiger partial charge in [0.05, 0.1) is 13.2 Å². The van der Waals surface area contributed by atoms with Crippen LogP contribution in [0, 0.1) is 0 Å². The SMILES string of the molecule is CC1Cc2ccccc2N1C(=O)c1ccc(N2CCOCC2)nn1. The largest absolute Gasteiger partial charge is 0.378 e. The van der Waals surface area contributed by atoms with Crippen LogP contribution in [-0.2, 0) is 11.2 Å². The van der Waals surface area contributed by atoms with Crippen LogP contribution in [0.1, 0.15) is 23.0 Å². The normalized spacial score (nSPS) is 20.1. The highest BCUT2D eigenvalue weighted by molar-refractivity contribution is 6.06. The number of morpholine rings is 1. The molecule has 2 aliphatic rings. The third kappa shape index (κ3) is 2.63. The molecule has 0 bridgehead atoms. The van der Waals surface area contributed by atoms with E-state index >= 15 is 0 Å².